The molecule has 0 heterocycles. The molecule has 2 aromatic rings. The van der Waals surface area contributed by atoms with Crippen molar-refractivity contribution in [1.82, 2.24) is 0 Å². The quantitative estimate of drug-likeness (QED) is 0.645. The van der Waals surface area contributed by atoms with E-state index in [4.69, 9.17) is 9.84 Å². The summed E-state index contributed by atoms with van der Waals surface area (Å²) in [6.45, 7) is -0.502. The van der Waals surface area contributed by atoms with Crippen molar-refractivity contribution >= 4 is 11.7 Å². The maximum Gasteiger partial charge on any atom is 0.325 e. The molecule has 0 aliphatic rings. The van der Waals surface area contributed by atoms with Gasteiger partial charge in [0.2, 0.25) is 0 Å². The van der Waals surface area contributed by atoms with Gasteiger partial charge in [-0.1, -0.05) is 24.3 Å². The Morgan fingerprint density at radius 1 is 1.10 bits per heavy atom. The second-order valence-corrected chi connectivity index (χ2v) is 3.95. The largest absolute Gasteiger partial charge is 0.480 e. The Balaban J connectivity index is 2.19. The molecular weight excluding hydrogens is 260 g/mol. The number of anilines is 1. The SMILES string of the molecule is O=NN(CC(=O)O)c1cccc(Oc2ccccc2)c1. The first-order valence-corrected chi connectivity index (χ1v) is 5.84. The molecule has 0 aliphatic heterocycles. The first-order chi connectivity index (χ1) is 9.69. The average Bonchev–Trinajstić information content (AvgIpc) is 2.46. The highest BCUT2D eigenvalue weighted by atomic mass is 16.5. The van der Waals surface area contributed by atoms with Crippen molar-refractivity contribution in [3.63, 3.8) is 0 Å². The normalized spacial score (nSPS) is 9.80. The predicted octanol–water partition coefficient (Wildman–Crippen LogP) is 3.05. The Hall–Kier alpha value is -2.89. The van der Waals surface area contributed by atoms with Crippen LogP contribution in [0.1, 0.15) is 0 Å². The highest BCUT2D eigenvalue weighted by Gasteiger charge is 2.11. The third kappa shape index (κ3) is 3.55. The van der Waals surface area contributed by atoms with E-state index in [9.17, 15) is 9.70 Å². The number of carboxylic acid groups (broad SMARTS) is 1. The fraction of sp³-hybridized carbons (Fsp3) is 0.0714. The molecule has 1 N–H and O–H groups in total. The summed E-state index contributed by atoms with van der Waals surface area (Å²) in [6, 6.07) is 15.6. The summed E-state index contributed by atoms with van der Waals surface area (Å²) in [5, 5.41) is 12.2. The topological polar surface area (TPSA) is 79.2 Å². The number of aliphatic carboxylic acids is 1. The maximum absolute atomic E-state index is 10.7. The van der Waals surface area contributed by atoms with Crippen LogP contribution in [0.5, 0.6) is 11.5 Å². The highest BCUT2D eigenvalue weighted by Crippen LogP contribution is 2.25. The molecule has 20 heavy (non-hydrogen) atoms. The fourth-order valence-electron chi connectivity index (χ4n) is 1.63. The van der Waals surface area contributed by atoms with Gasteiger partial charge in [0.15, 0.2) is 0 Å². The molecule has 0 amide bonds. The van der Waals surface area contributed by atoms with Crippen LogP contribution in [-0.2, 0) is 4.79 Å². The summed E-state index contributed by atoms with van der Waals surface area (Å²) in [5.74, 6) is 0.000200. The standard InChI is InChI=1S/C14H12N2O4/c17-14(18)10-16(15-19)11-5-4-8-13(9-11)20-12-6-2-1-3-7-12/h1-9H,10H2,(H,17,18). The molecule has 2 rings (SSSR count). The minimum absolute atomic E-state index is 0.357. The number of benzene rings is 2. The molecule has 102 valence electrons. The third-order valence-electron chi connectivity index (χ3n) is 2.48. The number of nitrogens with zero attached hydrogens (tertiary/aromatic N) is 2. The number of nitroso groups, excluding NO2 is 1. The number of carbonyl (C=O) groups is 1. The molecule has 0 saturated carbocycles. The van der Waals surface area contributed by atoms with Crippen LogP contribution in [0.4, 0.5) is 5.69 Å². The summed E-state index contributed by atoms with van der Waals surface area (Å²) in [7, 11) is 0. The van der Waals surface area contributed by atoms with E-state index in [-0.39, 0.29) is 0 Å². The van der Waals surface area contributed by atoms with Gasteiger partial charge >= 0.3 is 5.97 Å². The molecule has 0 unspecified atom stereocenters. The van der Waals surface area contributed by atoms with E-state index in [0.29, 0.717) is 17.2 Å². The molecule has 0 bridgehead atoms. The minimum atomic E-state index is -1.14. The molecule has 0 radical (unpaired) electrons. The predicted molar refractivity (Wildman–Crippen MR) is 73.7 cm³/mol. The van der Waals surface area contributed by atoms with Crippen molar-refractivity contribution in [2.45, 2.75) is 0 Å². The van der Waals surface area contributed by atoms with Gasteiger partial charge in [0, 0.05) is 6.07 Å². The van der Waals surface area contributed by atoms with Gasteiger partial charge in [-0.3, -0.25) is 4.79 Å². The third-order valence-corrected chi connectivity index (χ3v) is 2.48. The van der Waals surface area contributed by atoms with Gasteiger partial charge in [-0.2, -0.15) is 0 Å². The Morgan fingerprint density at radius 3 is 2.45 bits per heavy atom. The number of para-hydroxylation sites is 1. The second kappa shape index (κ2) is 6.33. The van der Waals surface area contributed by atoms with Crippen LogP contribution in [-0.4, -0.2) is 17.6 Å². The molecule has 2 aromatic carbocycles. The van der Waals surface area contributed by atoms with Crippen LogP contribution in [0.3, 0.4) is 0 Å². The summed E-state index contributed by atoms with van der Waals surface area (Å²) in [6.07, 6.45) is 0. The second-order valence-electron chi connectivity index (χ2n) is 3.95. The van der Waals surface area contributed by atoms with Crippen molar-refractivity contribution in [2.24, 2.45) is 5.29 Å². The minimum Gasteiger partial charge on any atom is -0.480 e. The monoisotopic (exact) mass is 272 g/mol. The molecule has 0 saturated heterocycles. The summed E-state index contributed by atoms with van der Waals surface area (Å²) >= 11 is 0. The number of hydrogen-bond acceptors (Lipinski definition) is 4. The summed E-state index contributed by atoms with van der Waals surface area (Å²) in [4.78, 5) is 21.3. The zero-order valence-electron chi connectivity index (χ0n) is 10.5. The van der Waals surface area contributed by atoms with Gasteiger partial charge in [-0.05, 0) is 24.3 Å². The molecule has 0 atom stereocenters. The number of ether oxygens (including phenoxy) is 1. The van der Waals surface area contributed by atoms with Crippen LogP contribution in [0, 0.1) is 4.91 Å². The summed E-state index contributed by atoms with van der Waals surface area (Å²) < 4.78 is 5.60. The van der Waals surface area contributed by atoms with E-state index in [1.165, 1.54) is 0 Å². The number of rotatable bonds is 6. The molecule has 0 aromatic heterocycles. The van der Waals surface area contributed by atoms with Crippen LogP contribution >= 0.6 is 0 Å². The Kier molecular flexibility index (Phi) is 4.28. The Labute approximate surface area is 115 Å². The van der Waals surface area contributed by atoms with E-state index in [2.05, 4.69) is 5.29 Å². The van der Waals surface area contributed by atoms with Gasteiger partial charge in [-0.25, -0.2) is 5.01 Å². The summed E-state index contributed by atoms with van der Waals surface area (Å²) in [5.41, 5.74) is 0.357. The first kappa shape index (κ1) is 13.5. The zero-order chi connectivity index (χ0) is 14.4. The lowest BCUT2D eigenvalue weighted by Gasteiger charge is -2.14. The van der Waals surface area contributed by atoms with Gasteiger partial charge in [0.05, 0.1) is 11.0 Å². The first-order valence-electron chi connectivity index (χ1n) is 5.84. The lowest BCUT2D eigenvalue weighted by molar-refractivity contribution is -0.135. The van der Waals surface area contributed by atoms with Crippen molar-refractivity contribution in [3.05, 3.63) is 59.5 Å². The van der Waals surface area contributed by atoms with E-state index < -0.39 is 12.5 Å². The van der Waals surface area contributed by atoms with E-state index in [0.717, 1.165) is 5.01 Å². The van der Waals surface area contributed by atoms with Gasteiger partial charge in [-0.15, -0.1) is 4.91 Å². The van der Waals surface area contributed by atoms with Crippen molar-refractivity contribution in [3.8, 4) is 11.5 Å². The van der Waals surface area contributed by atoms with E-state index >= 15 is 0 Å². The Morgan fingerprint density at radius 2 is 1.80 bits per heavy atom. The van der Waals surface area contributed by atoms with Gasteiger partial charge in [0.1, 0.15) is 18.0 Å². The lowest BCUT2D eigenvalue weighted by Crippen LogP contribution is -2.23. The maximum atomic E-state index is 10.7. The van der Waals surface area contributed by atoms with Crippen LogP contribution in [0.25, 0.3) is 0 Å². The number of hydrogen-bond donors (Lipinski definition) is 1. The van der Waals surface area contributed by atoms with Crippen molar-refractivity contribution in [2.75, 3.05) is 11.6 Å². The fourth-order valence-corrected chi connectivity index (χ4v) is 1.63. The van der Waals surface area contributed by atoms with Gasteiger partial charge in [0.25, 0.3) is 0 Å². The van der Waals surface area contributed by atoms with E-state index in [1.807, 2.05) is 18.2 Å². The lowest BCUT2D eigenvalue weighted by atomic mass is 10.3. The molecule has 6 nitrogen and oxygen atoms in total. The molecule has 0 fully saturated rings. The molecular formula is C14H12N2O4. The van der Waals surface area contributed by atoms with Gasteiger partial charge < -0.3 is 9.84 Å². The van der Waals surface area contributed by atoms with Crippen LogP contribution in [0.15, 0.2) is 59.9 Å². The average molecular weight is 272 g/mol. The van der Waals surface area contributed by atoms with Crippen LogP contribution < -0.4 is 9.75 Å². The molecule has 0 spiro atoms. The van der Waals surface area contributed by atoms with Crippen LogP contribution in [0.2, 0.25) is 0 Å². The highest BCUT2D eigenvalue weighted by molar-refractivity contribution is 5.73. The molecule has 0 aliphatic carbocycles. The smallest absolute Gasteiger partial charge is 0.325 e. The van der Waals surface area contributed by atoms with E-state index in [1.54, 1.807) is 36.4 Å². The zero-order valence-corrected chi connectivity index (χ0v) is 10.5. The number of carboxylic acids is 1. The Bertz CT molecular complexity index is 601. The van der Waals surface area contributed by atoms with Crippen molar-refractivity contribution < 1.29 is 14.6 Å². The van der Waals surface area contributed by atoms with Crippen molar-refractivity contribution in [1.29, 1.82) is 0 Å². The molecule has 6 heteroatoms.